The second-order valence-electron chi connectivity index (χ2n) is 3.62. The molecule has 4 nitrogen and oxygen atoms in total. The van der Waals surface area contributed by atoms with E-state index in [0.717, 1.165) is 0 Å². The van der Waals surface area contributed by atoms with Gasteiger partial charge in [0.15, 0.2) is 0 Å². The van der Waals surface area contributed by atoms with Crippen molar-refractivity contribution in [2.24, 2.45) is 0 Å². The van der Waals surface area contributed by atoms with E-state index in [1.807, 2.05) is 13.8 Å². The van der Waals surface area contributed by atoms with Crippen molar-refractivity contribution in [2.75, 3.05) is 0 Å². The third-order valence-electron chi connectivity index (χ3n) is 2.18. The van der Waals surface area contributed by atoms with Gasteiger partial charge in [0.25, 0.3) is 10.1 Å². The Morgan fingerprint density at radius 1 is 1.33 bits per heavy atom. The van der Waals surface area contributed by atoms with Gasteiger partial charge in [0.05, 0.1) is 11.5 Å². The molecule has 0 amide bonds. The van der Waals surface area contributed by atoms with Crippen LogP contribution in [0.2, 0.25) is 0 Å². The Kier molecular flexibility index (Phi) is 3.49. The molecule has 0 aliphatic heterocycles. The predicted octanol–water partition coefficient (Wildman–Crippen LogP) is 1.55. The fourth-order valence-corrected chi connectivity index (χ4v) is 2.50. The fourth-order valence-electron chi connectivity index (χ4n) is 1.61. The molecule has 2 N–H and O–H groups in total. The summed E-state index contributed by atoms with van der Waals surface area (Å²) in [5.74, 6) is -0.0784. The fraction of sp³-hybridized carbons (Fsp3) is 0.400. The molecule has 0 heterocycles. The molecule has 0 atom stereocenters. The van der Waals surface area contributed by atoms with E-state index in [9.17, 15) is 8.42 Å². The Morgan fingerprint density at radius 2 is 1.93 bits per heavy atom. The number of rotatable bonds is 3. The normalized spacial score (nSPS) is 12.1. The van der Waals surface area contributed by atoms with Crippen LogP contribution in [0, 0.1) is 0 Å². The first-order valence-corrected chi connectivity index (χ1v) is 6.02. The number of hydrogen-bond donors (Lipinski definition) is 2. The highest BCUT2D eigenvalue weighted by Crippen LogP contribution is 2.27. The summed E-state index contributed by atoms with van der Waals surface area (Å²) in [6, 6.07) is 4.48. The van der Waals surface area contributed by atoms with Crippen LogP contribution in [0.1, 0.15) is 30.9 Å². The summed E-state index contributed by atoms with van der Waals surface area (Å²) in [6.07, 6.45) is 0. The molecule has 1 rings (SSSR count). The molecule has 0 radical (unpaired) electrons. The second-order valence-corrected chi connectivity index (χ2v) is 5.01. The van der Waals surface area contributed by atoms with Crippen LogP contribution in [0.5, 0.6) is 0 Å². The smallest absolute Gasteiger partial charge is 0.294 e. The van der Waals surface area contributed by atoms with Crippen molar-refractivity contribution >= 4 is 10.1 Å². The highest BCUT2D eigenvalue weighted by Gasteiger charge is 2.19. The maximum atomic E-state index is 11.1. The van der Waals surface area contributed by atoms with E-state index >= 15 is 0 Å². The SMILES string of the molecule is CC(C)c1c(CO)cccc1S(=O)(=O)O. The van der Waals surface area contributed by atoms with Crippen molar-refractivity contribution in [1.82, 2.24) is 0 Å². The Hall–Kier alpha value is -0.910. The van der Waals surface area contributed by atoms with Gasteiger partial charge in [0.2, 0.25) is 0 Å². The van der Waals surface area contributed by atoms with Gasteiger partial charge in [-0.2, -0.15) is 8.42 Å². The van der Waals surface area contributed by atoms with E-state index in [0.29, 0.717) is 11.1 Å². The minimum absolute atomic E-state index is 0.0784. The van der Waals surface area contributed by atoms with Crippen LogP contribution in [-0.2, 0) is 16.7 Å². The van der Waals surface area contributed by atoms with Crippen LogP contribution >= 0.6 is 0 Å². The summed E-state index contributed by atoms with van der Waals surface area (Å²) in [5.41, 5.74) is 1.00. The quantitative estimate of drug-likeness (QED) is 0.772. The van der Waals surface area contributed by atoms with E-state index in [-0.39, 0.29) is 17.4 Å². The van der Waals surface area contributed by atoms with Gasteiger partial charge >= 0.3 is 0 Å². The zero-order valence-corrected chi connectivity index (χ0v) is 9.45. The molecule has 15 heavy (non-hydrogen) atoms. The van der Waals surface area contributed by atoms with Gasteiger partial charge in [-0.25, -0.2) is 0 Å². The Labute approximate surface area is 89.3 Å². The maximum Gasteiger partial charge on any atom is 0.294 e. The van der Waals surface area contributed by atoms with E-state index in [4.69, 9.17) is 9.66 Å². The Bertz CT molecular complexity index is 448. The van der Waals surface area contributed by atoms with Crippen LogP contribution in [0.25, 0.3) is 0 Å². The second kappa shape index (κ2) is 4.30. The van der Waals surface area contributed by atoms with Gasteiger partial charge in [-0.3, -0.25) is 4.55 Å². The molecule has 5 heteroatoms. The van der Waals surface area contributed by atoms with Crippen LogP contribution in [0.4, 0.5) is 0 Å². The zero-order chi connectivity index (χ0) is 11.6. The first kappa shape index (κ1) is 12.2. The zero-order valence-electron chi connectivity index (χ0n) is 8.64. The summed E-state index contributed by atoms with van der Waals surface area (Å²) < 4.78 is 31.2. The average molecular weight is 230 g/mol. The molecular weight excluding hydrogens is 216 g/mol. The number of aliphatic hydroxyl groups is 1. The minimum Gasteiger partial charge on any atom is -0.392 e. The number of aliphatic hydroxyl groups excluding tert-OH is 1. The lowest BCUT2D eigenvalue weighted by Gasteiger charge is -2.14. The molecular formula is C10H14O4S. The van der Waals surface area contributed by atoms with Crippen molar-refractivity contribution < 1.29 is 18.1 Å². The highest BCUT2D eigenvalue weighted by molar-refractivity contribution is 7.85. The van der Waals surface area contributed by atoms with Crippen LogP contribution in [0.3, 0.4) is 0 Å². The molecule has 0 fully saturated rings. The first-order valence-electron chi connectivity index (χ1n) is 4.58. The summed E-state index contributed by atoms with van der Waals surface area (Å²) in [7, 11) is -4.22. The third-order valence-corrected chi connectivity index (χ3v) is 3.09. The molecule has 0 unspecified atom stereocenters. The van der Waals surface area contributed by atoms with Gasteiger partial charge in [0, 0.05) is 0 Å². The van der Waals surface area contributed by atoms with Crippen LogP contribution < -0.4 is 0 Å². The topological polar surface area (TPSA) is 74.6 Å². The van der Waals surface area contributed by atoms with Gasteiger partial charge in [-0.1, -0.05) is 26.0 Å². The molecule has 1 aromatic carbocycles. The van der Waals surface area contributed by atoms with Crippen LogP contribution in [0.15, 0.2) is 23.1 Å². The molecule has 0 spiro atoms. The Morgan fingerprint density at radius 3 is 2.33 bits per heavy atom. The van der Waals surface area contributed by atoms with Crippen molar-refractivity contribution in [3.8, 4) is 0 Å². The molecule has 0 saturated heterocycles. The average Bonchev–Trinajstić information content (AvgIpc) is 2.15. The minimum atomic E-state index is -4.22. The van der Waals surface area contributed by atoms with E-state index < -0.39 is 10.1 Å². The highest BCUT2D eigenvalue weighted by atomic mass is 32.2. The Balaban J connectivity index is 3.53. The lowest BCUT2D eigenvalue weighted by Crippen LogP contribution is -2.07. The monoisotopic (exact) mass is 230 g/mol. The van der Waals surface area contributed by atoms with E-state index in [2.05, 4.69) is 0 Å². The molecule has 0 saturated carbocycles. The van der Waals surface area contributed by atoms with E-state index in [1.165, 1.54) is 12.1 Å². The van der Waals surface area contributed by atoms with E-state index in [1.54, 1.807) is 6.07 Å². The third kappa shape index (κ3) is 2.56. The number of hydrogen-bond acceptors (Lipinski definition) is 3. The molecule has 84 valence electrons. The summed E-state index contributed by atoms with van der Waals surface area (Å²) >= 11 is 0. The molecule has 1 aromatic rings. The van der Waals surface area contributed by atoms with Crippen molar-refractivity contribution in [2.45, 2.75) is 31.3 Å². The summed E-state index contributed by atoms with van der Waals surface area (Å²) in [4.78, 5) is -0.121. The first-order chi connectivity index (χ1) is 6.88. The molecule has 0 bridgehead atoms. The largest absolute Gasteiger partial charge is 0.392 e. The predicted molar refractivity (Wildman–Crippen MR) is 56.3 cm³/mol. The lowest BCUT2D eigenvalue weighted by molar-refractivity contribution is 0.279. The van der Waals surface area contributed by atoms with Gasteiger partial charge in [0.1, 0.15) is 0 Å². The standard InChI is InChI=1S/C10H14O4S/c1-7(2)10-8(6-11)4-3-5-9(10)15(12,13)14/h3-5,7,11H,6H2,1-2H3,(H,12,13,14). The summed E-state index contributed by atoms with van der Waals surface area (Å²) in [6.45, 7) is 3.38. The van der Waals surface area contributed by atoms with Crippen molar-refractivity contribution in [3.63, 3.8) is 0 Å². The van der Waals surface area contributed by atoms with Crippen molar-refractivity contribution in [1.29, 1.82) is 0 Å². The molecule has 0 aliphatic rings. The van der Waals surface area contributed by atoms with Crippen molar-refractivity contribution in [3.05, 3.63) is 29.3 Å². The van der Waals surface area contributed by atoms with Gasteiger partial charge < -0.3 is 5.11 Å². The molecule has 0 aliphatic carbocycles. The summed E-state index contributed by atoms with van der Waals surface area (Å²) in [5, 5.41) is 9.08. The number of benzene rings is 1. The lowest BCUT2D eigenvalue weighted by atomic mass is 9.97. The maximum absolute atomic E-state index is 11.1. The van der Waals surface area contributed by atoms with Gasteiger partial charge in [-0.15, -0.1) is 0 Å². The molecule has 0 aromatic heterocycles. The van der Waals surface area contributed by atoms with Gasteiger partial charge in [-0.05, 0) is 23.1 Å². The van der Waals surface area contributed by atoms with Crippen LogP contribution in [-0.4, -0.2) is 18.1 Å².